The SMILES string of the molecule is COc1nc(NC2CC(C)(NC(=O)C3CC3)C2)nn2ccc(-c3cnc4nccn4c3)c12. The van der Waals surface area contributed by atoms with Gasteiger partial charge in [-0.05, 0) is 38.7 Å². The Labute approximate surface area is 184 Å². The van der Waals surface area contributed by atoms with Crippen molar-refractivity contribution in [2.24, 2.45) is 5.92 Å². The average Bonchev–Trinajstić information content (AvgIpc) is 3.36. The number of carbonyl (C=O) groups excluding carboxylic acids is 1. The fourth-order valence-electron chi connectivity index (χ4n) is 4.54. The van der Waals surface area contributed by atoms with Crippen molar-refractivity contribution in [2.75, 3.05) is 12.4 Å². The van der Waals surface area contributed by atoms with Gasteiger partial charge in [-0.3, -0.25) is 9.20 Å². The van der Waals surface area contributed by atoms with E-state index >= 15 is 0 Å². The molecule has 4 aromatic heterocycles. The van der Waals surface area contributed by atoms with Crippen LogP contribution < -0.4 is 15.4 Å². The predicted octanol–water partition coefficient (Wildman–Crippen LogP) is 2.31. The van der Waals surface area contributed by atoms with Crippen molar-refractivity contribution in [2.45, 2.75) is 44.2 Å². The Balaban J connectivity index is 1.24. The molecule has 0 bridgehead atoms. The van der Waals surface area contributed by atoms with E-state index in [0.29, 0.717) is 17.6 Å². The second-order valence-electron chi connectivity index (χ2n) is 9.02. The van der Waals surface area contributed by atoms with Gasteiger partial charge in [0.05, 0.1) is 7.11 Å². The molecule has 2 fully saturated rings. The quantitative estimate of drug-likeness (QED) is 0.481. The highest BCUT2D eigenvalue weighted by molar-refractivity contribution is 5.84. The summed E-state index contributed by atoms with van der Waals surface area (Å²) in [5.74, 6) is 2.04. The van der Waals surface area contributed by atoms with E-state index in [-0.39, 0.29) is 23.4 Å². The third kappa shape index (κ3) is 3.22. The standard InChI is InChI=1S/C22H24N8O2/c1-22(27-18(31)13-3-4-13)9-15(10-22)25-20-26-19(32-2)17-16(5-7-30(17)28-20)14-11-24-21-23-6-8-29(21)12-14/h5-8,11-13,15H,3-4,9-10H2,1-2H3,(H,25,28)(H,27,31). The number of rotatable bonds is 6. The number of ether oxygens (including phenoxy) is 1. The molecule has 0 spiro atoms. The third-order valence-electron chi connectivity index (χ3n) is 6.33. The Hall–Kier alpha value is -3.69. The smallest absolute Gasteiger partial charge is 0.244 e. The molecule has 32 heavy (non-hydrogen) atoms. The topological polar surface area (TPSA) is 111 Å². The first-order valence-electron chi connectivity index (χ1n) is 10.8. The van der Waals surface area contributed by atoms with Gasteiger partial charge in [0, 0.05) is 59.6 Å². The second kappa shape index (κ2) is 6.91. The largest absolute Gasteiger partial charge is 0.479 e. The zero-order valence-electron chi connectivity index (χ0n) is 17.9. The van der Waals surface area contributed by atoms with Crippen molar-refractivity contribution in [3.8, 4) is 17.0 Å². The van der Waals surface area contributed by atoms with Crippen LogP contribution in [0.3, 0.4) is 0 Å². The molecule has 1 amide bonds. The van der Waals surface area contributed by atoms with Gasteiger partial charge >= 0.3 is 0 Å². The summed E-state index contributed by atoms with van der Waals surface area (Å²) in [4.78, 5) is 25.3. The van der Waals surface area contributed by atoms with Gasteiger partial charge < -0.3 is 15.4 Å². The number of anilines is 1. The Morgan fingerprint density at radius 3 is 2.88 bits per heavy atom. The molecule has 2 N–H and O–H groups in total. The molecule has 0 aromatic carbocycles. The highest BCUT2D eigenvalue weighted by atomic mass is 16.5. The Bertz CT molecular complexity index is 1330. The number of nitrogens with one attached hydrogen (secondary N) is 2. The van der Waals surface area contributed by atoms with Crippen LogP contribution in [0.25, 0.3) is 22.4 Å². The van der Waals surface area contributed by atoms with Crippen LogP contribution in [0, 0.1) is 5.92 Å². The van der Waals surface area contributed by atoms with Crippen molar-refractivity contribution >= 4 is 23.1 Å². The molecule has 2 saturated carbocycles. The number of carbonyl (C=O) groups is 1. The summed E-state index contributed by atoms with van der Waals surface area (Å²) in [6.45, 7) is 2.10. The molecule has 4 aromatic rings. The normalized spacial score (nSPS) is 22.6. The van der Waals surface area contributed by atoms with Crippen LogP contribution in [-0.2, 0) is 4.79 Å². The second-order valence-corrected chi connectivity index (χ2v) is 9.02. The van der Waals surface area contributed by atoms with Gasteiger partial charge in [0.15, 0.2) is 0 Å². The number of amides is 1. The van der Waals surface area contributed by atoms with E-state index in [0.717, 1.165) is 42.3 Å². The van der Waals surface area contributed by atoms with E-state index in [1.54, 1.807) is 24.0 Å². The highest BCUT2D eigenvalue weighted by Crippen LogP contribution is 2.37. The number of imidazole rings is 1. The van der Waals surface area contributed by atoms with Crippen LogP contribution >= 0.6 is 0 Å². The number of methoxy groups -OCH3 is 1. The summed E-state index contributed by atoms with van der Waals surface area (Å²) in [5.41, 5.74) is 2.46. The van der Waals surface area contributed by atoms with Crippen molar-refractivity contribution < 1.29 is 9.53 Å². The first-order valence-corrected chi connectivity index (χ1v) is 10.8. The molecular formula is C22H24N8O2. The van der Waals surface area contributed by atoms with E-state index in [2.05, 4.69) is 37.6 Å². The van der Waals surface area contributed by atoms with Gasteiger partial charge in [-0.2, -0.15) is 4.98 Å². The Morgan fingerprint density at radius 1 is 1.25 bits per heavy atom. The number of fused-ring (bicyclic) bond motifs is 2. The van der Waals surface area contributed by atoms with Gasteiger partial charge in [-0.1, -0.05) is 0 Å². The van der Waals surface area contributed by atoms with Crippen LogP contribution in [-0.4, -0.2) is 53.6 Å². The summed E-state index contributed by atoms with van der Waals surface area (Å²) < 4.78 is 9.26. The van der Waals surface area contributed by atoms with Crippen molar-refractivity contribution in [1.82, 2.24) is 34.3 Å². The number of nitrogens with zero attached hydrogens (tertiary/aromatic N) is 6. The molecule has 164 valence electrons. The molecule has 2 aliphatic rings. The van der Waals surface area contributed by atoms with Crippen molar-refractivity contribution in [3.63, 3.8) is 0 Å². The van der Waals surface area contributed by atoms with Crippen LogP contribution in [0.5, 0.6) is 5.88 Å². The molecule has 0 saturated heterocycles. The summed E-state index contributed by atoms with van der Waals surface area (Å²) in [6, 6.07) is 2.17. The zero-order valence-corrected chi connectivity index (χ0v) is 17.9. The molecule has 4 heterocycles. The molecule has 0 unspecified atom stereocenters. The van der Waals surface area contributed by atoms with Crippen molar-refractivity contribution in [3.05, 3.63) is 37.1 Å². The minimum absolute atomic E-state index is 0.162. The number of aromatic nitrogens is 6. The van der Waals surface area contributed by atoms with E-state index in [1.165, 1.54) is 0 Å². The fraction of sp³-hybridized carbons (Fsp3) is 0.409. The minimum atomic E-state index is -0.162. The predicted molar refractivity (Wildman–Crippen MR) is 117 cm³/mol. The van der Waals surface area contributed by atoms with E-state index in [1.807, 2.05) is 29.1 Å². The maximum atomic E-state index is 12.1. The lowest BCUT2D eigenvalue weighted by atomic mass is 9.74. The molecule has 10 heteroatoms. The van der Waals surface area contributed by atoms with E-state index < -0.39 is 0 Å². The Kier molecular flexibility index (Phi) is 4.11. The molecule has 10 nitrogen and oxygen atoms in total. The monoisotopic (exact) mass is 432 g/mol. The van der Waals surface area contributed by atoms with Crippen LogP contribution in [0.15, 0.2) is 37.1 Å². The van der Waals surface area contributed by atoms with Gasteiger partial charge in [-0.25, -0.2) is 14.5 Å². The van der Waals surface area contributed by atoms with Gasteiger partial charge in [0.1, 0.15) is 5.52 Å². The number of hydrogen-bond acceptors (Lipinski definition) is 7. The average molecular weight is 432 g/mol. The minimum Gasteiger partial charge on any atom is -0.479 e. The summed E-state index contributed by atoms with van der Waals surface area (Å²) in [7, 11) is 1.61. The highest BCUT2D eigenvalue weighted by Gasteiger charge is 2.44. The van der Waals surface area contributed by atoms with Gasteiger partial charge in [0.2, 0.25) is 23.5 Å². The first kappa shape index (κ1) is 19.0. The lowest BCUT2D eigenvalue weighted by molar-refractivity contribution is -0.125. The number of hydrogen-bond donors (Lipinski definition) is 2. The third-order valence-corrected chi connectivity index (χ3v) is 6.33. The molecule has 2 aliphatic carbocycles. The zero-order chi connectivity index (χ0) is 21.9. The summed E-state index contributed by atoms with van der Waals surface area (Å²) in [5, 5.41) is 11.2. The first-order chi connectivity index (χ1) is 15.5. The van der Waals surface area contributed by atoms with Crippen LogP contribution in [0.2, 0.25) is 0 Å². The van der Waals surface area contributed by atoms with Crippen LogP contribution in [0.4, 0.5) is 5.95 Å². The van der Waals surface area contributed by atoms with Gasteiger partial charge in [-0.15, -0.1) is 5.10 Å². The summed E-state index contributed by atoms with van der Waals surface area (Å²) >= 11 is 0. The van der Waals surface area contributed by atoms with Crippen molar-refractivity contribution in [1.29, 1.82) is 0 Å². The van der Waals surface area contributed by atoms with Gasteiger partial charge in [0.25, 0.3) is 0 Å². The van der Waals surface area contributed by atoms with Crippen LogP contribution in [0.1, 0.15) is 32.6 Å². The van der Waals surface area contributed by atoms with E-state index in [9.17, 15) is 4.79 Å². The Morgan fingerprint density at radius 2 is 2.09 bits per heavy atom. The fourth-order valence-corrected chi connectivity index (χ4v) is 4.54. The molecule has 6 rings (SSSR count). The van der Waals surface area contributed by atoms with E-state index in [4.69, 9.17) is 4.74 Å². The molecular weight excluding hydrogens is 408 g/mol. The summed E-state index contributed by atoms with van der Waals surface area (Å²) in [6.07, 6.45) is 12.9. The molecule has 0 aliphatic heterocycles. The maximum absolute atomic E-state index is 12.1. The maximum Gasteiger partial charge on any atom is 0.244 e. The lowest BCUT2D eigenvalue weighted by Gasteiger charge is -2.46. The lowest BCUT2D eigenvalue weighted by Crippen LogP contribution is -2.59. The molecule has 0 atom stereocenters. The molecule has 0 radical (unpaired) electrons.